The van der Waals surface area contributed by atoms with Crippen molar-refractivity contribution in [1.82, 2.24) is 13.7 Å². The summed E-state index contributed by atoms with van der Waals surface area (Å²) in [5.74, 6) is 0. The zero-order valence-corrected chi connectivity index (χ0v) is 33.0. The van der Waals surface area contributed by atoms with E-state index in [9.17, 15) is 5.26 Å². The zero-order chi connectivity index (χ0) is 41.1. The monoisotopic (exact) mass is 789 g/mol. The molecule has 0 aliphatic rings. The van der Waals surface area contributed by atoms with E-state index in [1.165, 1.54) is 10.8 Å². The van der Waals surface area contributed by atoms with Gasteiger partial charge in [-0.05, 0) is 83.9 Å². The van der Waals surface area contributed by atoms with Crippen molar-refractivity contribution in [2.24, 2.45) is 0 Å². The minimum Gasteiger partial charge on any atom is -0.455 e. The normalized spacial score (nSPS) is 11.8. The molecule has 0 bridgehead atoms. The molecule has 286 valence electrons. The molecule has 13 rings (SSSR count). The number of nitrogens with zero attached hydrogens (tertiary/aromatic N) is 5. The van der Waals surface area contributed by atoms with E-state index in [2.05, 4.69) is 164 Å². The minimum atomic E-state index is 0.397. The van der Waals surface area contributed by atoms with Crippen LogP contribution < -0.4 is 0 Å². The summed E-state index contributed by atoms with van der Waals surface area (Å²) in [6, 6.07) is 67.6. The molecule has 4 aromatic heterocycles. The molecule has 13 aromatic rings. The molecule has 0 unspecified atom stereocenters. The molecule has 0 saturated carbocycles. The summed E-state index contributed by atoms with van der Waals surface area (Å²) in [4.78, 5) is 4.07. The first-order valence-electron chi connectivity index (χ1n) is 20.6. The first kappa shape index (κ1) is 34.1. The maximum absolute atomic E-state index is 11.4. The highest BCUT2D eigenvalue weighted by atomic mass is 16.3. The van der Waals surface area contributed by atoms with Gasteiger partial charge in [-0.2, -0.15) is 5.26 Å². The maximum atomic E-state index is 11.4. The number of hydrogen-bond donors (Lipinski definition) is 0. The summed E-state index contributed by atoms with van der Waals surface area (Å²) >= 11 is 0. The third-order valence-corrected chi connectivity index (χ3v) is 12.7. The number of para-hydroxylation sites is 4. The van der Waals surface area contributed by atoms with Crippen LogP contribution in [0.3, 0.4) is 0 Å². The standard InChI is InChI=1S/C56H31N5O/c1-58-45-26-30-51(44(33-57)55(45)61-48-21-11-7-17-39(48)42-31-35(23-27-49(42)61)34-13-3-2-4-14-34)60-50-28-24-36(59-46-19-9-5-15-37(46)38-16-6-10-20-47(38)59)32-43(50)54-52(60)29-25-41-40-18-8-12-22-53(40)62-56(41)54/h2-32H. The average Bonchev–Trinajstić information content (AvgIpc) is 4.07. The minimum absolute atomic E-state index is 0.397. The van der Waals surface area contributed by atoms with Gasteiger partial charge < -0.3 is 18.1 Å². The van der Waals surface area contributed by atoms with Crippen molar-refractivity contribution in [3.8, 4) is 34.3 Å². The summed E-state index contributed by atoms with van der Waals surface area (Å²) in [5, 5.41) is 19.9. The van der Waals surface area contributed by atoms with Gasteiger partial charge in [-0.3, -0.25) is 0 Å². The van der Waals surface area contributed by atoms with Crippen LogP contribution in [0.25, 0.3) is 120 Å². The second kappa shape index (κ2) is 12.8. The van der Waals surface area contributed by atoms with Gasteiger partial charge in [0.2, 0.25) is 5.69 Å². The Hall–Kier alpha value is -8.84. The maximum Gasteiger partial charge on any atom is 0.212 e. The Balaban J connectivity index is 1.13. The van der Waals surface area contributed by atoms with Crippen molar-refractivity contribution in [3.63, 3.8) is 0 Å². The molecule has 0 saturated heterocycles. The van der Waals surface area contributed by atoms with E-state index in [4.69, 9.17) is 11.0 Å². The van der Waals surface area contributed by atoms with E-state index >= 15 is 0 Å². The molecule has 0 fully saturated rings. The fourth-order valence-electron chi connectivity index (χ4n) is 10.1. The van der Waals surface area contributed by atoms with Crippen LogP contribution in [0.2, 0.25) is 0 Å². The lowest BCUT2D eigenvalue weighted by Gasteiger charge is -2.17. The number of nitriles is 1. The Morgan fingerprint density at radius 1 is 0.452 bits per heavy atom. The number of aromatic nitrogens is 3. The average molecular weight is 790 g/mol. The van der Waals surface area contributed by atoms with Crippen molar-refractivity contribution in [3.05, 3.63) is 205 Å². The van der Waals surface area contributed by atoms with Crippen LogP contribution in [0, 0.1) is 17.9 Å². The molecule has 4 heterocycles. The molecule has 0 radical (unpaired) electrons. The van der Waals surface area contributed by atoms with Crippen molar-refractivity contribution in [2.75, 3.05) is 0 Å². The van der Waals surface area contributed by atoms with Crippen LogP contribution >= 0.6 is 0 Å². The largest absolute Gasteiger partial charge is 0.455 e. The van der Waals surface area contributed by atoms with Gasteiger partial charge in [0.1, 0.15) is 17.2 Å². The smallest absolute Gasteiger partial charge is 0.212 e. The first-order chi connectivity index (χ1) is 30.7. The van der Waals surface area contributed by atoms with Crippen LogP contribution in [0.5, 0.6) is 0 Å². The van der Waals surface area contributed by atoms with Gasteiger partial charge >= 0.3 is 0 Å². The molecular weight excluding hydrogens is 759 g/mol. The second-order valence-corrected chi connectivity index (χ2v) is 15.8. The van der Waals surface area contributed by atoms with E-state index in [-0.39, 0.29) is 0 Å². The van der Waals surface area contributed by atoms with E-state index in [1.807, 2.05) is 48.5 Å². The van der Waals surface area contributed by atoms with Gasteiger partial charge in [0.05, 0.1) is 62.0 Å². The lowest BCUT2D eigenvalue weighted by molar-refractivity contribution is 0.673. The molecule has 0 aliphatic carbocycles. The van der Waals surface area contributed by atoms with E-state index in [0.717, 1.165) is 93.4 Å². The Labute approximate surface area is 354 Å². The lowest BCUT2D eigenvalue weighted by atomic mass is 10.0. The van der Waals surface area contributed by atoms with Crippen LogP contribution in [0.1, 0.15) is 5.56 Å². The van der Waals surface area contributed by atoms with Crippen molar-refractivity contribution in [2.45, 2.75) is 0 Å². The Bertz CT molecular complexity index is 4070. The Morgan fingerprint density at radius 2 is 1.05 bits per heavy atom. The second-order valence-electron chi connectivity index (χ2n) is 15.8. The molecule has 9 aromatic carbocycles. The molecule has 6 nitrogen and oxygen atoms in total. The fraction of sp³-hybridized carbons (Fsp3) is 0. The first-order valence-corrected chi connectivity index (χ1v) is 20.6. The quantitative estimate of drug-likeness (QED) is 0.167. The SMILES string of the molecule is [C-]#[N+]c1ccc(-n2c3ccc(-n4c5ccccc5c5ccccc54)cc3c3c4oc5ccccc5c4ccc32)c(C#N)c1-n1c2ccccc2c2cc(-c3ccccc3)ccc21. The summed E-state index contributed by atoms with van der Waals surface area (Å²) in [5.41, 5.74) is 12.8. The summed E-state index contributed by atoms with van der Waals surface area (Å²) < 4.78 is 13.4. The number of rotatable bonds is 4. The number of furan rings is 1. The molecule has 0 spiro atoms. The number of benzene rings is 9. The lowest BCUT2D eigenvalue weighted by Crippen LogP contribution is -2.04. The van der Waals surface area contributed by atoms with Crippen LogP contribution in [0.4, 0.5) is 5.69 Å². The van der Waals surface area contributed by atoms with Gasteiger partial charge in [-0.15, -0.1) is 0 Å². The summed E-state index contributed by atoms with van der Waals surface area (Å²) in [6.45, 7) is 8.46. The molecule has 0 aliphatic heterocycles. The van der Waals surface area contributed by atoms with Gasteiger partial charge in [-0.25, -0.2) is 4.85 Å². The van der Waals surface area contributed by atoms with Gasteiger partial charge in [-0.1, -0.05) is 115 Å². The topological polar surface area (TPSA) is 56.1 Å². The third-order valence-electron chi connectivity index (χ3n) is 12.7. The van der Waals surface area contributed by atoms with E-state index < -0.39 is 0 Å². The van der Waals surface area contributed by atoms with Crippen molar-refractivity contribution < 1.29 is 4.42 Å². The zero-order valence-electron chi connectivity index (χ0n) is 33.0. The highest BCUT2D eigenvalue weighted by Gasteiger charge is 2.26. The Morgan fingerprint density at radius 3 is 1.77 bits per heavy atom. The molecule has 0 N–H and O–H groups in total. The predicted molar refractivity (Wildman–Crippen MR) is 253 cm³/mol. The van der Waals surface area contributed by atoms with Crippen LogP contribution in [-0.2, 0) is 0 Å². The predicted octanol–water partition coefficient (Wildman–Crippen LogP) is 15.0. The fourth-order valence-corrected chi connectivity index (χ4v) is 10.1. The van der Waals surface area contributed by atoms with Crippen LogP contribution in [0.15, 0.2) is 192 Å². The summed E-state index contributed by atoms with van der Waals surface area (Å²) in [7, 11) is 0. The van der Waals surface area contributed by atoms with Gasteiger partial charge in [0.25, 0.3) is 0 Å². The van der Waals surface area contributed by atoms with E-state index in [0.29, 0.717) is 22.6 Å². The van der Waals surface area contributed by atoms with Crippen LogP contribution in [-0.4, -0.2) is 13.7 Å². The molecule has 0 amide bonds. The highest BCUT2D eigenvalue weighted by Crippen LogP contribution is 2.45. The summed E-state index contributed by atoms with van der Waals surface area (Å²) in [6.07, 6.45) is 0. The van der Waals surface area contributed by atoms with Gasteiger partial charge in [0, 0.05) is 43.4 Å². The van der Waals surface area contributed by atoms with Gasteiger partial charge in [0.15, 0.2) is 0 Å². The van der Waals surface area contributed by atoms with Crippen molar-refractivity contribution >= 4 is 93.0 Å². The number of fused-ring (bicyclic) bond motifs is 13. The van der Waals surface area contributed by atoms with E-state index in [1.54, 1.807) is 0 Å². The van der Waals surface area contributed by atoms with Crippen molar-refractivity contribution in [1.29, 1.82) is 5.26 Å². The molecule has 0 atom stereocenters. The molecule has 62 heavy (non-hydrogen) atoms. The highest BCUT2D eigenvalue weighted by molar-refractivity contribution is 6.24. The number of hydrogen-bond acceptors (Lipinski definition) is 2. The molecular formula is C56H31N5O. The Kier molecular flexibility index (Phi) is 7.05. The third kappa shape index (κ3) is 4.61. The molecule has 6 heteroatoms.